The number of nitrogens with zero attached hydrogens (tertiary/aromatic N) is 2. The molecule has 0 spiro atoms. The van der Waals surface area contributed by atoms with Crippen LogP contribution in [0.1, 0.15) is 45.3 Å². The molecule has 0 unspecified atom stereocenters. The minimum Gasteiger partial charge on any atom is -0.367 e. The number of alkyl halides is 3. The molecule has 1 aromatic heterocycles. The van der Waals surface area contributed by atoms with Crippen molar-refractivity contribution in [2.75, 3.05) is 6.61 Å². The van der Waals surface area contributed by atoms with Gasteiger partial charge in [0.05, 0.1) is 6.42 Å². The molecule has 0 aromatic carbocycles. The van der Waals surface area contributed by atoms with Gasteiger partial charge in [-0.1, -0.05) is 19.0 Å². The van der Waals surface area contributed by atoms with Gasteiger partial charge in [0.15, 0.2) is 0 Å². The highest BCUT2D eigenvalue weighted by Gasteiger charge is 2.40. The van der Waals surface area contributed by atoms with Gasteiger partial charge in [0.1, 0.15) is 5.60 Å². The summed E-state index contributed by atoms with van der Waals surface area (Å²) in [6.07, 6.45) is -4.76. The fraction of sp³-hybridized carbons (Fsp3) is 0.750. The van der Waals surface area contributed by atoms with Gasteiger partial charge >= 0.3 is 6.18 Å². The molecule has 114 valence electrons. The van der Waals surface area contributed by atoms with E-state index < -0.39 is 24.0 Å². The van der Waals surface area contributed by atoms with Crippen molar-refractivity contribution in [3.05, 3.63) is 11.7 Å². The Bertz CT molecular complexity index is 453. The molecule has 0 atom stereocenters. The Morgan fingerprint density at radius 3 is 2.30 bits per heavy atom. The monoisotopic (exact) mass is 294 g/mol. The molecule has 0 amide bonds. The zero-order chi connectivity index (χ0) is 15.4. The summed E-state index contributed by atoms with van der Waals surface area (Å²) in [6, 6.07) is 0. The van der Waals surface area contributed by atoms with Gasteiger partial charge in [-0.25, -0.2) is 0 Å². The van der Waals surface area contributed by atoms with E-state index in [1.165, 1.54) is 0 Å². The molecule has 1 rings (SSSR count). The average molecular weight is 294 g/mol. The number of Topliss-reactive ketones (excluding diaryl/α,β-unsaturated/α-hetero) is 1. The maximum Gasteiger partial charge on any atom is 0.450 e. The minimum absolute atomic E-state index is 0.175. The van der Waals surface area contributed by atoms with Crippen LogP contribution in [0.15, 0.2) is 4.52 Å². The molecular formula is C12H17F3N2O3. The highest BCUT2D eigenvalue weighted by Crippen LogP contribution is 2.31. The van der Waals surface area contributed by atoms with E-state index >= 15 is 0 Å². The largest absolute Gasteiger partial charge is 0.450 e. The predicted molar refractivity (Wildman–Crippen MR) is 63.0 cm³/mol. The Balaban J connectivity index is 2.93. The Morgan fingerprint density at radius 1 is 1.25 bits per heavy atom. The first-order valence-corrected chi connectivity index (χ1v) is 6.36. The van der Waals surface area contributed by atoms with Crippen molar-refractivity contribution in [2.24, 2.45) is 0 Å². The normalized spacial score (nSPS) is 12.7. The number of carbonyl (C=O) groups is 1. The van der Waals surface area contributed by atoms with E-state index in [1.54, 1.807) is 6.92 Å². The summed E-state index contributed by atoms with van der Waals surface area (Å²) in [6.45, 7) is 5.92. The van der Waals surface area contributed by atoms with Crippen molar-refractivity contribution in [2.45, 2.75) is 51.8 Å². The maximum absolute atomic E-state index is 12.2. The van der Waals surface area contributed by atoms with Crippen LogP contribution in [0.3, 0.4) is 0 Å². The Morgan fingerprint density at radius 2 is 1.85 bits per heavy atom. The molecule has 1 aromatic rings. The van der Waals surface area contributed by atoms with Gasteiger partial charge in [0, 0.05) is 6.61 Å². The van der Waals surface area contributed by atoms with Crippen molar-refractivity contribution in [3.8, 4) is 0 Å². The Labute approximate surface area is 114 Å². The Hall–Kier alpha value is -1.44. The number of ether oxygens (including phenoxy) is 1. The molecule has 0 aliphatic rings. The van der Waals surface area contributed by atoms with Crippen LogP contribution in [-0.4, -0.2) is 28.7 Å². The van der Waals surface area contributed by atoms with E-state index in [0.29, 0.717) is 19.4 Å². The summed E-state index contributed by atoms with van der Waals surface area (Å²) < 4.78 is 46.8. The third-order valence-electron chi connectivity index (χ3n) is 3.07. The van der Waals surface area contributed by atoms with Crippen LogP contribution in [0, 0.1) is 0 Å². The van der Waals surface area contributed by atoms with Crippen molar-refractivity contribution in [3.63, 3.8) is 0 Å². The number of rotatable bonds is 7. The first kappa shape index (κ1) is 16.6. The molecule has 0 saturated heterocycles. The van der Waals surface area contributed by atoms with Crippen LogP contribution in [0.2, 0.25) is 0 Å². The fourth-order valence-electron chi connectivity index (χ4n) is 1.86. The number of carbonyl (C=O) groups excluding carboxylic acids is 1. The molecule has 0 saturated carbocycles. The summed E-state index contributed by atoms with van der Waals surface area (Å²) in [7, 11) is 0. The zero-order valence-corrected chi connectivity index (χ0v) is 11.6. The average Bonchev–Trinajstić information content (AvgIpc) is 2.84. The number of halogens is 3. The second-order valence-corrected chi connectivity index (χ2v) is 4.24. The zero-order valence-electron chi connectivity index (χ0n) is 11.6. The molecule has 20 heavy (non-hydrogen) atoms. The van der Waals surface area contributed by atoms with Crippen LogP contribution in [0.25, 0.3) is 0 Å². The molecule has 0 bridgehead atoms. The lowest BCUT2D eigenvalue weighted by Gasteiger charge is -2.27. The van der Waals surface area contributed by atoms with E-state index in [2.05, 4.69) is 10.1 Å². The first-order chi connectivity index (χ1) is 9.29. The van der Waals surface area contributed by atoms with Gasteiger partial charge in [-0.05, 0) is 19.8 Å². The molecular weight excluding hydrogens is 277 g/mol. The van der Waals surface area contributed by atoms with Crippen LogP contribution in [0.4, 0.5) is 13.2 Å². The van der Waals surface area contributed by atoms with Crippen molar-refractivity contribution in [1.29, 1.82) is 0 Å². The molecule has 8 heteroatoms. The van der Waals surface area contributed by atoms with Gasteiger partial charge in [-0.15, -0.1) is 0 Å². The summed E-state index contributed by atoms with van der Waals surface area (Å²) >= 11 is 0. The predicted octanol–water partition coefficient (Wildman–Crippen LogP) is 2.80. The van der Waals surface area contributed by atoms with E-state index in [0.717, 1.165) is 0 Å². The molecule has 0 radical (unpaired) electrons. The highest BCUT2D eigenvalue weighted by molar-refractivity contribution is 5.85. The quantitative estimate of drug-likeness (QED) is 0.773. The lowest BCUT2D eigenvalue weighted by Crippen LogP contribution is -2.30. The van der Waals surface area contributed by atoms with Crippen LogP contribution in [0.5, 0.6) is 0 Å². The van der Waals surface area contributed by atoms with Crippen LogP contribution >= 0.6 is 0 Å². The van der Waals surface area contributed by atoms with E-state index in [4.69, 9.17) is 9.26 Å². The van der Waals surface area contributed by atoms with Gasteiger partial charge in [0.2, 0.25) is 17.5 Å². The first-order valence-electron chi connectivity index (χ1n) is 6.36. The number of hydrogen-bond donors (Lipinski definition) is 0. The SMILES string of the molecule is CCOC(CC)(CC)c1noc(CC(=O)C(F)(F)F)n1. The maximum atomic E-state index is 12.2. The Kier molecular flexibility index (Phi) is 5.27. The van der Waals surface area contributed by atoms with Crippen LogP contribution in [-0.2, 0) is 21.6 Å². The van der Waals surface area contributed by atoms with Gasteiger partial charge in [0.25, 0.3) is 0 Å². The third-order valence-corrected chi connectivity index (χ3v) is 3.07. The third kappa shape index (κ3) is 3.56. The van der Waals surface area contributed by atoms with E-state index in [9.17, 15) is 18.0 Å². The molecule has 0 aliphatic heterocycles. The van der Waals surface area contributed by atoms with Gasteiger partial charge < -0.3 is 9.26 Å². The lowest BCUT2D eigenvalue weighted by molar-refractivity contribution is -0.170. The summed E-state index contributed by atoms with van der Waals surface area (Å²) in [5, 5.41) is 3.65. The van der Waals surface area contributed by atoms with Crippen LogP contribution < -0.4 is 0 Å². The number of aromatic nitrogens is 2. The molecule has 0 aliphatic carbocycles. The van der Waals surface area contributed by atoms with E-state index in [1.807, 2.05) is 13.8 Å². The second kappa shape index (κ2) is 6.34. The highest BCUT2D eigenvalue weighted by atomic mass is 19.4. The summed E-state index contributed by atoms with van der Waals surface area (Å²) in [4.78, 5) is 14.7. The molecule has 0 fully saturated rings. The van der Waals surface area contributed by atoms with Crippen molar-refractivity contribution >= 4 is 5.78 Å². The summed E-state index contributed by atoms with van der Waals surface area (Å²) in [5.74, 6) is -2.09. The smallest absolute Gasteiger partial charge is 0.367 e. The van der Waals surface area contributed by atoms with Crippen molar-refractivity contribution < 1.29 is 27.2 Å². The molecule has 5 nitrogen and oxygen atoms in total. The molecule has 1 heterocycles. The second-order valence-electron chi connectivity index (χ2n) is 4.24. The van der Waals surface area contributed by atoms with Gasteiger partial charge in [-0.2, -0.15) is 18.2 Å². The van der Waals surface area contributed by atoms with Crippen molar-refractivity contribution in [1.82, 2.24) is 10.1 Å². The topological polar surface area (TPSA) is 65.2 Å². The number of ketones is 1. The fourth-order valence-corrected chi connectivity index (χ4v) is 1.86. The standard InChI is InChI=1S/C12H17F3N2O3/c1-4-11(5-2,19-6-3)10-16-9(20-17-10)7-8(18)12(13,14)15/h4-7H2,1-3H3. The minimum atomic E-state index is -4.90. The molecule has 0 N–H and O–H groups in total. The lowest BCUT2D eigenvalue weighted by atomic mass is 9.96. The van der Waals surface area contributed by atoms with E-state index in [-0.39, 0.29) is 11.7 Å². The summed E-state index contributed by atoms with van der Waals surface area (Å²) in [5.41, 5.74) is -0.794. The van der Waals surface area contributed by atoms with Gasteiger partial charge in [-0.3, -0.25) is 4.79 Å². The number of hydrogen-bond acceptors (Lipinski definition) is 5.